The van der Waals surface area contributed by atoms with Gasteiger partial charge in [0.05, 0.1) is 32.2 Å². The second kappa shape index (κ2) is 7.51. The molecule has 0 radical (unpaired) electrons. The Morgan fingerprint density at radius 3 is 2.35 bits per heavy atom. The minimum atomic E-state index is 0.190. The quantitative estimate of drug-likeness (QED) is 0.820. The molecule has 23 heavy (non-hydrogen) atoms. The monoisotopic (exact) mass is 316 g/mol. The molecule has 5 nitrogen and oxygen atoms in total. The van der Waals surface area contributed by atoms with Gasteiger partial charge in [-0.15, -0.1) is 0 Å². The zero-order valence-corrected chi connectivity index (χ0v) is 13.6. The Bertz CT molecular complexity index is 556. The van der Waals surface area contributed by atoms with Crippen molar-refractivity contribution in [2.45, 2.75) is 45.3 Å². The standard InChI is InChI=1S/C18H24N2O3/c1-15-6-2-3-9-20(15)18(21)14-19(12-16-7-4-10-22-16)13-17-8-5-11-23-17/h4-5,7-8,10-11,15H,2-3,6,9,12-14H2,1H3. The van der Waals surface area contributed by atoms with Crippen LogP contribution in [0.25, 0.3) is 0 Å². The molecule has 0 aliphatic carbocycles. The zero-order valence-electron chi connectivity index (χ0n) is 13.6. The molecule has 3 heterocycles. The van der Waals surface area contributed by atoms with Gasteiger partial charge in [0.15, 0.2) is 0 Å². The van der Waals surface area contributed by atoms with E-state index in [4.69, 9.17) is 8.83 Å². The molecule has 1 aliphatic heterocycles. The fraction of sp³-hybridized carbons (Fsp3) is 0.500. The molecule has 0 aromatic carbocycles. The van der Waals surface area contributed by atoms with Gasteiger partial charge in [-0.25, -0.2) is 0 Å². The molecule has 3 rings (SSSR count). The van der Waals surface area contributed by atoms with Crippen LogP contribution in [0.1, 0.15) is 37.7 Å². The van der Waals surface area contributed by atoms with Gasteiger partial charge in [-0.1, -0.05) is 0 Å². The third-order valence-corrected chi connectivity index (χ3v) is 4.40. The summed E-state index contributed by atoms with van der Waals surface area (Å²) in [5.74, 6) is 1.91. The summed E-state index contributed by atoms with van der Waals surface area (Å²) in [7, 11) is 0. The summed E-state index contributed by atoms with van der Waals surface area (Å²) in [6.45, 7) is 4.59. The second-order valence-electron chi connectivity index (χ2n) is 6.24. The Labute approximate surface area is 136 Å². The molecule has 0 bridgehead atoms. The summed E-state index contributed by atoms with van der Waals surface area (Å²) in [6, 6.07) is 7.95. The lowest BCUT2D eigenvalue weighted by Gasteiger charge is -2.35. The van der Waals surface area contributed by atoms with Gasteiger partial charge in [0.1, 0.15) is 11.5 Å². The van der Waals surface area contributed by atoms with E-state index in [9.17, 15) is 4.79 Å². The molecule has 0 N–H and O–H groups in total. The summed E-state index contributed by atoms with van der Waals surface area (Å²) >= 11 is 0. The summed E-state index contributed by atoms with van der Waals surface area (Å²) in [4.78, 5) is 16.8. The van der Waals surface area contributed by atoms with E-state index in [0.717, 1.165) is 30.9 Å². The number of hydrogen-bond donors (Lipinski definition) is 0. The molecule has 1 atom stereocenters. The number of rotatable bonds is 6. The smallest absolute Gasteiger partial charge is 0.237 e. The van der Waals surface area contributed by atoms with Gasteiger partial charge in [-0.2, -0.15) is 0 Å². The number of furan rings is 2. The Kier molecular flexibility index (Phi) is 5.18. The third kappa shape index (κ3) is 4.26. The minimum Gasteiger partial charge on any atom is -0.468 e. The number of amides is 1. The van der Waals surface area contributed by atoms with Crippen LogP contribution in [-0.4, -0.2) is 34.8 Å². The van der Waals surface area contributed by atoms with Crippen molar-refractivity contribution in [2.24, 2.45) is 0 Å². The Morgan fingerprint density at radius 2 is 1.83 bits per heavy atom. The largest absolute Gasteiger partial charge is 0.468 e. The second-order valence-corrected chi connectivity index (χ2v) is 6.24. The minimum absolute atomic E-state index is 0.190. The summed E-state index contributed by atoms with van der Waals surface area (Å²) in [5, 5.41) is 0. The first kappa shape index (κ1) is 15.9. The van der Waals surface area contributed by atoms with Crippen LogP contribution in [0.3, 0.4) is 0 Å². The summed E-state index contributed by atoms with van der Waals surface area (Å²) in [5.41, 5.74) is 0. The topological polar surface area (TPSA) is 49.8 Å². The van der Waals surface area contributed by atoms with Gasteiger partial charge >= 0.3 is 0 Å². The molecule has 0 spiro atoms. The molecule has 0 saturated carbocycles. The molecule has 1 fully saturated rings. The zero-order chi connectivity index (χ0) is 16.1. The molecular weight excluding hydrogens is 292 g/mol. The number of hydrogen-bond acceptors (Lipinski definition) is 4. The highest BCUT2D eigenvalue weighted by atomic mass is 16.3. The predicted molar refractivity (Wildman–Crippen MR) is 86.6 cm³/mol. The Hall–Kier alpha value is -2.01. The molecular formula is C18H24N2O3. The van der Waals surface area contributed by atoms with Crippen molar-refractivity contribution in [3.05, 3.63) is 48.3 Å². The van der Waals surface area contributed by atoms with Crippen LogP contribution in [0.4, 0.5) is 0 Å². The van der Waals surface area contributed by atoms with Crippen molar-refractivity contribution < 1.29 is 13.6 Å². The van der Waals surface area contributed by atoms with E-state index in [1.165, 1.54) is 6.42 Å². The van der Waals surface area contributed by atoms with Crippen LogP contribution < -0.4 is 0 Å². The lowest BCUT2D eigenvalue weighted by molar-refractivity contribution is -0.136. The maximum absolute atomic E-state index is 12.7. The molecule has 1 saturated heterocycles. The molecule has 5 heteroatoms. The third-order valence-electron chi connectivity index (χ3n) is 4.40. The van der Waals surface area contributed by atoms with E-state index in [1.54, 1.807) is 12.5 Å². The van der Waals surface area contributed by atoms with Crippen LogP contribution in [-0.2, 0) is 17.9 Å². The van der Waals surface area contributed by atoms with E-state index in [1.807, 2.05) is 29.2 Å². The number of carbonyl (C=O) groups is 1. The lowest BCUT2D eigenvalue weighted by atomic mass is 10.0. The first-order valence-electron chi connectivity index (χ1n) is 8.29. The predicted octanol–water partition coefficient (Wildman–Crippen LogP) is 3.28. The van der Waals surface area contributed by atoms with Crippen LogP contribution >= 0.6 is 0 Å². The molecule has 2 aromatic rings. The molecule has 124 valence electrons. The van der Waals surface area contributed by atoms with Gasteiger partial charge < -0.3 is 13.7 Å². The van der Waals surface area contributed by atoms with E-state index >= 15 is 0 Å². The maximum Gasteiger partial charge on any atom is 0.237 e. The lowest BCUT2D eigenvalue weighted by Crippen LogP contribution is -2.46. The van der Waals surface area contributed by atoms with Crippen molar-refractivity contribution in [3.8, 4) is 0 Å². The SMILES string of the molecule is CC1CCCCN1C(=O)CN(Cc1ccco1)Cc1ccco1. The van der Waals surface area contributed by atoms with Gasteiger partial charge in [-0.3, -0.25) is 9.69 Å². The van der Waals surface area contributed by atoms with Gasteiger partial charge in [0.2, 0.25) is 5.91 Å². The maximum atomic E-state index is 12.7. The van der Waals surface area contributed by atoms with E-state index in [0.29, 0.717) is 25.7 Å². The summed E-state index contributed by atoms with van der Waals surface area (Å²) < 4.78 is 10.9. The number of likely N-dealkylation sites (tertiary alicyclic amines) is 1. The fourth-order valence-electron chi connectivity index (χ4n) is 3.16. The van der Waals surface area contributed by atoms with Gasteiger partial charge in [-0.05, 0) is 50.5 Å². The van der Waals surface area contributed by atoms with Crippen molar-refractivity contribution in [1.29, 1.82) is 0 Å². The van der Waals surface area contributed by atoms with Crippen LogP contribution in [0.5, 0.6) is 0 Å². The molecule has 1 unspecified atom stereocenters. The van der Waals surface area contributed by atoms with E-state index < -0.39 is 0 Å². The Balaban J connectivity index is 1.65. The first-order chi connectivity index (χ1) is 11.2. The van der Waals surface area contributed by atoms with Gasteiger partial charge in [0.25, 0.3) is 0 Å². The van der Waals surface area contributed by atoms with E-state index in [2.05, 4.69) is 11.8 Å². The highest BCUT2D eigenvalue weighted by molar-refractivity contribution is 5.78. The van der Waals surface area contributed by atoms with Crippen molar-refractivity contribution in [3.63, 3.8) is 0 Å². The number of nitrogens with zero attached hydrogens (tertiary/aromatic N) is 2. The average Bonchev–Trinajstić information content (AvgIpc) is 3.21. The molecule has 2 aromatic heterocycles. The highest BCUT2D eigenvalue weighted by Gasteiger charge is 2.25. The molecule has 1 aliphatic rings. The van der Waals surface area contributed by atoms with Crippen molar-refractivity contribution >= 4 is 5.91 Å². The number of piperidine rings is 1. The van der Waals surface area contributed by atoms with Crippen molar-refractivity contribution in [1.82, 2.24) is 9.80 Å². The average molecular weight is 316 g/mol. The van der Waals surface area contributed by atoms with Crippen LogP contribution in [0.15, 0.2) is 45.6 Å². The fourth-order valence-corrected chi connectivity index (χ4v) is 3.16. The first-order valence-corrected chi connectivity index (χ1v) is 8.29. The van der Waals surface area contributed by atoms with Gasteiger partial charge in [0, 0.05) is 12.6 Å². The normalized spacial score (nSPS) is 18.5. The van der Waals surface area contributed by atoms with E-state index in [-0.39, 0.29) is 5.91 Å². The van der Waals surface area contributed by atoms with Crippen molar-refractivity contribution in [2.75, 3.05) is 13.1 Å². The molecule has 1 amide bonds. The number of carbonyl (C=O) groups excluding carboxylic acids is 1. The Morgan fingerprint density at radius 1 is 1.17 bits per heavy atom. The van der Waals surface area contributed by atoms with Crippen LogP contribution in [0, 0.1) is 0 Å². The van der Waals surface area contributed by atoms with Crippen LogP contribution in [0.2, 0.25) is 0 Å². The highest BCUT2D eigenvalue weighted by Crippen LogP contribution is 2.18. The summed E-state index contributed by atoms with van der Waals surface area (Å²) in [6.07, 6.45) is 6.74.